The molecule has 58 heavy (non-hydrogen) atoms. The van der Waals surface area contributed by atoms with Crippen LogP contribution >= 0.6 is 0 Å². The molecule has 2 aromatic heterocycles. The van der Waals surface area contributed by atoms with Crippen LogP contribution in [0.25, 0.3) is 83.9 Å². The number of nitrogens with zero attached hydrogens (tertiary/aromatic N) is 4. The summed E-state index contributed by atoms with van der Waals surface area (Å²) < 4.78 is 99.4. The van der Waals surface area contributed by atoms with Gasteiger partial charge in [0.1, 0.15) is 5.82 Å². The predicted octanol–water partition coefficient (Wildman–Crippen LogP) is 13.5. The van der Waals surface area contributed by atoms with Gasteiger partial charge in [-0.15, -0.1) is 0 Å². The first-order chi connectivity index (χ1) is 27.9. The number of hydrogen-bond donors (Lipinski definition) is 0. The molecular weight excluding hydrogens is 754 g/mol. The summed E-state index contributed by atoms with van der Waals surface area (Å²) in [6.07, 6.45) is -10.00. The van der Waals surface area contributed by atoms with Crippen LogP contribution in [0.4, 0.5) is 30.7 Å². The molecule has 0 atom stereocenters. The van der Waals surface area contributed by atoms with Gasteiger partial charge in [0.05, 0.1) is 27.8 Å². The number of rotatable bonds is 6. The number of benzene rings is 7. The van der Waals surface area contributed by atoms with Crippen LogP contribution in [0.3, 0.4) is 0 Å². The molecule has 7 aromatic carbocycles. The Morgan fingerprint density at radius 2 is 0.879 bits per heavy atom. The zero-order chi connectivity index (χ0) is 40.2. The Kier molecular flexibility index (Phi) is 8.88. The Hall–Kier alpha value is -7.14. The minimum atomic E-state index is -5.00. The summed E-state index contributed by atoms with van der Waals surface area (Å²) in [6.45, 7) is 0. The summed E-state index contributed by atoms with van der Waals surface area (Å²) in [5.74, 6) is 0.886. The fraction of sp³-hybridized carbons (Fsp3) is 0.0426. The number of halogens is 7. The summed E-state index contributed by atoms with van der Waals surface area (Å²) in [5.41, 5.74) is 2.73. The lowest BCUT2D eigenvalue weighted by molar-refractivity contribution is -0.143. The van der Waals surface area contributed by atoms with E-state index in [1.807, 2.05) is 108 Å². The van der Waals surface area contributed by atoms with E-state index in [2.05, 4.69) is 0 Å². The van der Waals surface area contributed by atoms with Gasteiger partial charge in [0, 0.05) is 33.0 Å². The van der Waals surface area contributed by atoms with E-state index in [9.17, 15) is 30.7 Å². The molecule has 0 aliphatic carbocycles. The van der Waals surface area contributed by atoms with Crippen molar-refractivity contribution in [1.29, 1.82) is 0 Å². The molecule has 0 unspecified atom stereocenters. The Bertz CT molecular complexity index is 2880. The largest absolute Gasteiger partial charge is 0.416 e. The average molecular weight is 781 g/mol. The van der Waals surface area contributed by atoms with Gasteiger partial charge in [0.25, 0.3) is 0 Å². The molecule has 4 nitrogen and oxygen atoms in total. The molecule has 0 spiro atoms. The van der Waals surface area contributed by atoms with Crippen LogP contribution < -0.4 is 0 Å². The van der Waals surface area contributed by atoms with Crippen LogP contribution in [0.1, 0.15) is 11.1 Å². The highest BCUT2D eigenvalue weighted by Crippen LogP contribution is 2.42. The molecule has 2 heterocycles. The van der Waals surface area contributed by atoms with Crippen molar-refractivity contribution in [3.63, 3.8) is 0 Å². The molecule has 0 saturated carbocycles. The van der Waals surface area contributed by atoms with Crippen LogP contribution in [0, 0.1) is 5.82 Å². The van der Waals surface area contributed by atoms with Crippen molar-refractivity contribution >= 4 is 21.8 Å². The highest BCUT2D eigenvalue weighted by atomic mass is 19.4. The van der Waals surface area contributed by atoms with Crippen molar-refractivity contribution in [2.45, 2.75) is 12.4 Å². The van der Waals surface area contributed by atoms with Gasteiger partial charge in [-0.25, -0.2) is 19.3 Å². The standard InChI is InChI=1S/C47H27F7N4/c48-36-19-15-28(16-20-36)37-21-17-32(45-56-43(29-9-3-1-4-10-29)55-44(57-45)30-11-5-2-6-12-30)26-42(37)58-40-14-8-7-13-38(40)39-25-31(18-22-41(39)58)33-23-34(46(49,50)51)27-35(24-33)47(52,53)54/h1-27H. The molecule has 0 N–H and O–H groups in total. The van der Waals surface area contributed by atoms with Gasteiger partial charge >= 0.3 is 12.4 Å². The van der Waals surface area contributed by atoms with E-state index in [4.69, 9.17) is 15.0 Å². The highest BCUT2D eigenvalue weighted by molar-refractivity contribution is 6.11. The van der Waals surface area contributed by atoms with Gasteiger partial charge in [0.2, 0.25) is 0 Å². The summed E-state index contributed by atoms with van der Waals surface area (Å²) >= 11 is 0. The number of fused-ring (bicyclic) bond motifs is 3. The van der Waals surface area contributed by atoms with Crippen LogP contribution in [0.2, 0.25) is 0 Å². The number of aromatic nitrogens is 4. The lowest BCUT2D eigenvalue weighted by Gasteiger charge is -2.17. The van der Waals surface area contributed by atoms with Crippen LogP contribution in [-0.2, 0) is 12.4 Å². The molecule has 0 radical (unpaired) electrons. The molecule has 0 bridgehead atoms. The van der Waals surface area contributed by atoms with E-state index in [1.54, 1.807) is 24.3 Å². The average Bonchev–Trinajstić information content (AvgIpc) is 3.57. The summed E-state index contributed by atoms with van der Waals surface area (Å²) in [5, 5.41) is 1.29. The minimum Gasteiger partial charge on any atom is -0.309 e. The first-order valence-electron chi connectivity index (χ1n) is 18.0. The maximum absolute atomic E-state index is 14.2. The number of para-hydroxylation sites is 1. The van der Waals surface area contributed by atoms with Crippen molar-refractivity contribution in [2.75, 3.05) is 0 Å². The first-order valence-corrected chi connectivity index (χ1v) is 18.0. The Morgan fingerprint density at radius 1 is 0.379 bits per heavy atom. The lowest BCUT2D eigenvalue weighted by Crippen LogP contribution is -2.11. The maximum atomic E-state index is 14.2. The SMILES string of the molecule is Fc1ccc(-c2ccc(-c3nc(-c4ccccc4)nc(-c4ccccc4)n3)cc2-n2c3ccccc3c3cc(-c4cc(C(F)(F)F)cc(C(F)(F)F)c4)ccc32)cc1. The molecule has 0 fully saturated rings. The number of alkyl halides is 6. The van der Waals surface area contributed by atoms with Crippen molar-refractivity contribution in [3.8, 4) is 62.1 Å². The van der Waals surface area contributed by atoms with E-state index in [0.29, 0.717) is 61.7 Å². The first kappa shape index (κ1) is 36.5. The molecule has 0 aliphatic heterocycles. The zero-order valence-electron chi connectivity index (χ0n) is 30.0. The third-order valence-corrected chi connectivity index (χ3v) is 9.95. The van der Waals surface area contributed by atoms with Crippen LogP contribution in [-0.4, -0.2) is 19.5 Å². The molecule has 0 amide bonds. The second-order valence-electron chi connectivity index (χ2n) is 13.7. The van der Waals surface area contributed by atoms with Gasteiger partial charge in [-0.1, -0.05) is 109 Å². The van der Waals surface area contributed by atoms with Crippen LogP contribution in [0.15, 0.2) is 164 Å². The number of hydrogen-bond acceptors (Lipinski definition) is 3. The van der Waals surface area contributed by atoms with E-state index < -0.39 is 29.3 Å². The van der Waals surface area contributed by atoms with Gasteiger partial charge in [-0.05, 0) is 71.3 Å². The third kappa shape index (κ3) is 6.85. The summed E-state index contributed by atoms with van der Waals surface area (Å²) in [4.78, 5) is 14.6. The lowest BCUT2D eigenvalue weighted by atomic mass is 9.97. The monoisotopic (exact) mass is 780 g/mol. The normalized spacial score (nSPS) is 12.1. The zero-order valence-corrected chi connectivity index (χ0v) is 30.0. The third-order valence-electron chi connectivity index (χ3n) is 9.95. The maximum Gasteiger partial charge on any atom is 0.416 e. The molecule has 11 heteroatoms. The summed E-state index contributed by atoms with van der Waals surface area (Å²) in [6, 6.07) is 44.5. The molecule has 284 valence electrons. The topological polar surface area (TPSA) is 43.6 Å². The van der Waals surface area contributed by atoms with E-state index in [0.717, 1.165) is 23.3 Å². The molecular formula is C47H27F7N4. The predicted molar refractivity (Wildman–Crippen MR) is 211 cm³/mol. The van der Waals surface area contributed by atoms with Crippen LogP contribution in [0.5, 0.6) is 0 Å². The second-order valence-corrected chi connectivity index (χ2v) is 13.7. The Balaban J connectivity index is 1.29. The van der Waals surface area contributed by atoms with E-state index >= 15 is 0 Å². The molecule has 9 aromatic rings. The van der Waals surface area contributed by atoms with Crippen molar-refractivity contribution < 1.29 is 30.7 Å². The van der Waals surface area contributed by atoms with Gasteiger partial charge in [-0.2, -0.15) is 26.3 Å². The molecule has 0 aliphatic rings. The van der Waals surface area contributed by atoms with E-state index in [1.165, 1.54) is 18.2 Å². The quantitative estimate of drug-likeness (QED) is 0.158. The van der Waals surface area contributed by atoms with Crippen molar-refractivity contribution in [3.05, 3.63) is 181 Å². The molecule has 0 saturated heterocycles. The minimum absolute atomic E-state index is 0.121. The fourth-order valence-corrected chi connectivity index (χ4v) is 7.20. The summed E-state index contributed by atoms with van der Waals surface area (Å²) in [7, 11) is 0. The fourth-order valence-electron chi connectivity index (χ4n) is 7.20. The van der Waals surface area contributed by atoms with Crippen molar-refractivity contribution in [2.24, 2.45) is 0 Å². The van der Waals surface area contributed by atoms with Gasteiger partial charge in [0.15, 0.2) is 17.5 Å². The second kappa shape index (κ2) is 14.1. The Labute approximate surface area is 326 Å². The van der Waals surface area contributed by atoms with Crippen molar-refractivity contribution in [1.82, 2.24) is 19.5 Å². The Morgan fingerprint density at radius 3 is 1.47 bits per heavy atom. The van der Waals surface area contributed by atoms with Gasteiger partial charge < -0.3 is 4.57 Å². The van der Waals surface area contributed by atoms with Gasteiger partial charge in [-0.3, -0.25) is 0 Å². The smallest absolute Gasteiger partial charge is 0.309 e. The van der Waals surface area contributed by atoms with E-state index in [-0.39, 0.29) is 17.2 Å². The highest BCUT2D eigenvalue weighted by Gasteiger charge is 2.37. The molecule has 9 rings (SSSR count).